The molecule has 4 N–H and O–H groups in total. The molecule has 29 heavy (non-hydrogen) atoms. The largest absolute Gasteiger partial charge is 0.380 e. The molecule has 0 spiro atoms. The van der Waals surface area contributed by atoms with Crippen LogP contribution >= 0.6 is 24.8 Å². The van der Waals surface area contributed by atoms with E-state index in [0.29, 0.717) is 29.8 Å². The van der Waals surface area contributed by atoms with E-state index in [0.717, 1.165) is 45.1 Å². The fraction of sp³-hybridized carbons (Fsp3) is 0.667. The normalized spacial score (nSPS) is 30.6. The summed E-state index contributed by atoms with van der Waals surface area (Å²) < 4.78 is 19.9. The van der Waals surface area contributed by atoms with E-state index in [-0.39, 0.29) is 54.6 Å². The summed E-state index contributed by atoms with van der Waals surface area (Å²) in [4.78, 5) is 12.7. The zero-order valence-corrected chi connectivity index (χ0v) is 18.2. The Morgan fingerprint density at radius 2 is 1.86 bits per heavy atom. The number of hydrogen-bond donors (Lipinski definition) is 3. The molecule has 1 aromatic carbocycles. The van der Waals surface area contributed by atoms with Crippen molar-refractivity contribution in [2.24, 2.45) is 23.5 Å². The van der Waals surface area contributed by atoms with Crippen LogP contribution in [0.2, 0.25) is 0 Å². The monoisotopic (exact) mass is 447 g/mol. The minimum absolute atomic E-state index is 0. The molecule has 1 saturated heterocycles. The van der Waals surface area contributed by atoms with Gasteiger partial charge in [-0.15, -0.1) is 24.8 Å². The van der Waals surface area contributed by atoms with Crippen LogP contribution in [-0.4, -0.2) is 31.2 Å². The highest BCUT2D eigenvalue weighted by molar-refractivity contribution is 5.92. The van der Waals surface area contributed by atoms with Crippen LogP contribution in [0.1, 0.15) is 44.9 Å². The zero-order valence-electron chi connectivity index (χ0n) is 16.6. The SMILES string of the molecule is Cl.Cl.NC1C2CCCC1CC(C(=O)Nc1ccc(NCC3CCCO3)c(F)c1)C2. The summed E-state index contributed by atoms with van der Waals surface area (Å²) in [6.07, 6.45) is 7.41. The lowest BCUT2D eigenvalue weighted by molar-refractivity contribution is -0.122. The third kappa shape index (κ3) is 5.75. The summed E-state index contributed by atoms with van der Waals surface area (Å²) in [5.74, 6) is 0.538. The number of ether oxygens (including phenoxy) is 1. The van der Waals surface area contributed by atoms with Crippen LogP contribution in [0.15, 0.2) is 18.2 Å². The minimum atomic E-state index is -0.353. The lowest BCUT2D eigenvalue weighted by atomic mass is 9.65. The summed E-state index contributed by atoms with van der Waals surface area (Å²) in [5, 5.41) is 6.01. The molecule has 8 heteroatoms. The molecule has 3 unspecified atom stereocenters. The average molecular weight is 448 g/mol. The van der Waals surface area contributed by atoms with E-state index >= 15 is 0 Å². The number of anilines is 2. The second-order valence-electron chi connectivity index (χ2n) is 8.40. The molecule has 2 saturated carbocycles. The predicted octanol–water partition coefficient (Wildman–Crippen LogP) is 4.35. The molecule has 0 aromatic heterocycles. The number of carbonyl (C=O) groups is 1. The van der Waals surface area contributed by atoms with Crippen molar-refractivity contribution in [1.29, 1.82) is 0 Å². The molecule has 1 aromatic rings. The van der Waals surface area contributed by atoms with Gasteiger partial charge in [0.15, 0.2) is 0 Å². The van der Waals surface area contributed by atoms with Crippen molar-refractivity contribution < 1.29 is 13.9 Å². The first-order valence-electron chi connectivity index (χ1n) is 10.3. The molecule has 2 aliphatic carbocycles. The Balaban J connectivity index is 0.00000150. The number of halogens is 3. The van der Waals surface area contributed by atoms with Crippen LogP contribution in [0.25, 0.3) is 0 Å². The van der Waals surface area contributed by atoms with Crippen LogP contribution in [0.3, 0.4) is 0 Å². The third-order valence-electron chi connectivity index (χ3n) is 6.56. The molecule has 164 valence electrons. The van der Waals surface area contributed by atoms with E-state index in [4.69, 9.17) is 10.5 Å². The maximum atomic E-state index is 14.4. The molecule has 1 amide bonds. The third-order valence-corrected chi connectivity index (χ3v) is 6.56. The first kappa shape index (κ1) is 24.2. The topological polar surface area (TPSA) is 76.4 Å². The first-order valence-corrected chi connectivity index (χ1v) is 10.3. The number of carbonyl (C=O) groups excluding carboxylic acids is 1. The molecule has 0 radical (unpaired) electrons. The number of rotatable bonds is 5. The predicted molar refractivity (Wildman–Crippen MR) is 119 cm³/mol. The van der Waals surface area contributed by atoms with Gasteiger partial charge in [-0.25, -0.2) is 4.39 Å². The smallest absolute Gasteiger partial charge is 0.227 e. The molecule has 3 atom stereocenters. The van der Waals surface area contributed by atoms with Crippen molar-refractivity contribution in [3.8, 4) is 0 Å². The molecule has 4 rings (SSSR count). The van der Waals surface area contributed by atoms with Gasteiger partial charge < -0.3 is 21.1 Å². The van der Waals surface area contributed by atoms with Crippen molar-refractivity contribution in [1.82, 2.24) is 0 Å². The Kier molecular flexibility index (Phi) is 9.01. The van der Waals surface area contributed by atoms with E-state index in [2.05, 4.69) is 10.6 Å². The van der Waals surface area contributed by atoms with Crippen molar-refractivity contribution in [3.63, 3.8) is 0 Å². The Bertz CT molecular complexity index is 674. The summed E-state index contributed by atoms with van der Waals surface area (Å²) >= 11 is 0. The Hall–Kier alpha value is -1.08. The highest BCUT2D eigenvalue weighted by Crippen LogP contribution is 2.42. The summed E-state index contributed by atoms with van der Waals surface area (Å²) in [5.41, 5.74) is 7.27. The molecule has 2 bridgehead atoms. The van der Waals surface area contributed by atoms with Crippen molar-refractivity contribution >= 4 is 42.1 Å². The fourth-order valence-electron chi connectivity index (χ4n) is 5.01. The van der Waals surface area contributed by atoms with Gasteiger partial charge in [0, 0.05) is 30.8 Å². The second-order valence-corrected chi connectivity index (χ2v) is 8.40. The molecule has 1 heterocycles. The molecular formula is C21H32Cl2FN3O2. The minimum Gasteiger partial charge on any atom is -0.380 e. The average Bonchev–Trinajstić information content (AvgIpc) is 3.14. The van der Waals surface area contributed by atoms with E-state index in [1.807, 2.05) is 0 Å². The number of amides is 1. The Morgan fingerprint density at radius 3 is 2.48 bits per heavy atom. The van der Waals surface area contributed by atoms with Crippen molar-refractivity contribution in [3.05, 3.63) is 24.0 Å². The van der Waals surface area contributed by atoms with Crippen LogP contribution in [0, 0.1) is 23.6 Å². The van der Waals surface area contributed by atoms with Crippen molar-refractivity contribution in [2.75, 3.05) is 23.8 Å². The number of nitrogens with one attached hydrogen (secondary N) is 2. The number of fused-ring (bicyclic) bond motifs is 2. The van der Waals surface area contributed by atoms with Crippen LogP contribution in [-0.2, 0) is 9.53 Å². The summed E-state index contributed by atoms with van der Waals surface area (Å²) in [6.45, 7) is 1.39. The first-order chi connectivity index (χ1) is 13.1. The van der Waals surface area contributed by atoms with Crippen LogP contribution in [0.5, 0.6) is 0 Å². The van der Waals surface area contributed by atoms with Gasteiger partial charge in [0.25, 0.3) is 0 Å². The zero-order chi connectivity index (χ0) is 18.8. The maximum absolute atomic E-state index is 14.4. The quantitative estimate of drug-likeness (QED) is 0.626. The lowest BCUT2D eigenvalue weighted by Gasteiger charge is -2.43. The number of hydrogen-bond acceptors (Lipinski definition) is 4. The van der Waals surface area contributed by atoms with Gasteiger partial charge in [0.05, 0.1) is 11.8 Å². The number of benzene rings is 1. The highest BCUT2D eigenvalue weighted by atomic mass is 35.5. The summed E-state index contributed by atoms with van der Waals surface area (Å²) in [7, 11) is 0. The summed E-state index contributed by atoms with van der Waals surface area (Å²) in [6, 6.07) is 5.08. The Labute approximate surface area is 184 Å². The lowest BCUT2D eigenvalue weighted by Crippen LogP contribution is -2.48. The highest BCUT2D eigenvalue weighted by Gasteiger charge is 2.40. The molecule has 5 nitrogen and oxygen atoms in total. The molecule has 1 aliphatic heterocycles. The van der Waals surface area contributed by atoms with E-state index in [1.165, 1.54) is 12.5 Å². The second kappa shape index (κ2) is 10.8. The van der Waals surface area contributed by atoms with Crippen molar-refractivity contribution in [2.45, 2.75) is 57.1 Å². The van der Waals surface area contributed by atoms with Crippen LogP contribution in [0.4, 0.5) is 15.8 Å². The molecule has 3 fully saturated rings. The van der Waals surface area contributed by atoms with Gasteiger partial charge in [0.2, 0.25) is 5.91 Å². The van der Waals surface area contributed by atoms with Gasteiger partial charge in [-0.05, 0) is 68.6 Å². The van der Waals surface area contributed by atoms with Crippen LogP contribution < -0.4 is 16.4 Å². The van der Waals surface area contributed by atoms with Gasteiger partial charge >= 0.3 is 0 Å². The Morgan fingerprint density at radius 1 is 1.14 bits per heavy atom. The standard InChI is InChI=1S/C21H30FN3O2.2ClH/c22-18-11-16(6-7-19(18)24-12-17-5-2-8-27-17)25-21(26)15-9-13-3-1-4-14(10-15)20(13)23;;/h6-7,11,13-15,17,20,24H,1-5,8-10,12,23H2,(H,25,26);2*1H. The maximum Gasteiger partial charge on any atom is 0.227 e. The van der Waals surface area contributed by atoms with Gasteiger partial charge in [-0.1, -0.05) is 6.42 Å². The number of nitrogens with two attached hydrogens (primary N) is 1. The van der Waals surface area contributed by atoms with E-state index in [9.17, 15) is 9.18 Å². The van der Waals surface area contributed by atoms with Gasteiger partial charge in [-0.2, -0.15) is 0 Å². The molecular weight excluding hydrogens is 416 g/mol. The molecule has 3 aliphatic rings. The van der Waals surface area contributed by atoms with Gasteiger partial charge in [-0.3, -0.25) is 4.79 Å². The fourth-order valence-corrected chi connectivity index (χ4v) is 5.01. The van der Waals surface area contributed by atoms with Gasteiger partial charge in [0.1, 0.15) is 5.82 Å². The van der Waals surface area contributed by atoms with E-state index in [1.54, 1.807) is 12.1 Å². The van der Waals surface area contributed by atoms with E-state index < -0.39 is 0 Å².